The molecule has 1 aromatic carbocycles. The molecule has 1 heterocycles. The minimum Gasteiger partial charge on any atom is -0.508 e. The fourth-order valence-corrected chi connectivity index (χ4v) is 1.78. The van der Waals surface area contributed by atoms with E-state index in [1.54, 1.807) is 30.5 Å². The summed E-state index contributed by atoms with van der Waals surface area (Å²) >= 11 is 5.85. The van der Waals surface area contributed by atoms with Gasteiger partial charge in [0, 0.05) is 10.6 Å². The molecule has 0 aliphatic rings. The lowest BCUT2D eigenvalue weighted by atomic mass is 10.1. The maximum Gasteiger partial charge on any atom is 0.125 e. The van der Waals surface area contributed by atoms with Gasteiger partial charge in [-0.25, -0.2) is 0 Å². The van der Waals surface area contributed by atoms with Crippen molar-refractivity contribution < 1.29 is 9.52 Å². The van der Waals surface area contributed by atoms with Gasteiger partial charge in [0.15, 0.2) is 0 Å². The maximum absolute atomic E-state index is 9.72. The zero-order chi connectivity index (χ0) is 13.0. The van der Waals surface area contributed by atoms with Crippen LogP contribution in [0.1, 0.15) is 17.4 Å². The van der Waals surface area contributed by atoms with Crippen molar-refractivity contribution in [2.75, 3.05) is 0 Å². The van der Waals surface area contributed by atoms with Crippen LogP contribution in [-0.2, 0) is 6.54 Å². The summed E-state index contributed by atoms with van der Waals surface area (Å²) in [7, 11) is 0. The van der Waals surface area contributed by atoms with Gasteiger partial charge < -0.3 is 9.52 Å². The van der Waals surface area contributed by atoms with Crippen LogP contribution in [0.3, 0.4) is 0 Å². The van der Waals surface area contributed by atoms with Crippen LogP contribution in [-0.4, -0.2) is 5.11 Å². The largest absolute Gasteiger partial charge is 0.508 e. The van der Waals surface area contributed by atoms with E-state index in [1.165, 1.54) is 6.07 Å². The average Bonchev–Trinajstić information content (AvgIpc) is 2.87. The molecule has 18 heavy (non-hydrogen) atoms. The first kappa shape index (κ1) is 12.5. The molecule has 1 unspecified atom stereocenters. The predicted molar refractivity (Wildman–Crippen MR) is 67.0 cm³/mol. The number of nitriles is 1. The highest BCUT2D eigenvalue weighted by molar-refractivity contribution is 6.30. The Morgan fingerprint density at radius 3 is 2.94 bits per heavy atom. The minimum absolute atomic E-state index is 0.0397. The lowest BCUT2D eigenvalue weighted by Gasteiger charge is -2.12. The van der Waals surface area contributed by atoms with E-state index in [0.29, 0.717) is 17.1 Å². The number of halogens is 1. The van der Waals surface area contributed by atoms with E-state index >= 15 is 0 Å². The van der Waals surface area contributed by atoms with Crippen molar-refractivity contribution in [2.45, 2.75) is 12.6 Å². The third-order valence-corrected chi connectivity index (χ3v) is 2.73. The van der Waals surface area contributed by atoms with Crippen LogP contribution >= 0.6 is 11.6 Å². The smallest absolute Gasteiger partial charge is 0.125 e. The van der Waals surface area contributed by atoms with Crippen LogP contribution in [0.2, 0.25) is 5.02 Å². The molecule has 1 atom stereocenters. The second-order valence-corrected chi connectivity index (χ2v) is 4.16. The number of hydrogen-bond donors (Lipinski definition) is 2. The zero-order valence-electron chi connectivity index (χ0n) is 9.43. The Balaban J connectivity index is 2.13. The SMILES string of the molecule is N#CC(NCc1ccco1)c1cc(Cl)ccc1O. The van der Waals surface area contributed by atoms with Crippen LogP contribution in [0.4, 0.5) is 0 Å². The Kier molecular flexibility index (Phi) is 3.88. The van der Waals surface area contributed by atoms with Crippen molar-refractivity contribution in [3.8, 4) is 11.8 Å². The summed E-state index contributed by atoms with van der Waals surface area (Å²) in [5, 5.41) is 22.3. The van der Waals surface area contributed by atoms with E-state index in [0.717, 1.165) is 5.76 Å². The molecule has 0 bridgehead atoms. The van der Waals surface area contributed by atoms with Crippen molar-refractivity contribution in [3.63, 3.8) is 0 Å². The second kappa shape index (κ2) is 5.58. The first-order valence-corrected chi connectivity index (χ1v) is 5.72. The van der Waals surface area contributed by atoms with Crippen molar-refractivity contribution in [1.82, 2.24) is 5.32 Å². The van der Waals surface area contributed by atoms with Gasteiger partial charge in [-0.1, -0.05) is 11.6 Å². The first-order valence-electron chi connectivity index (χ1n) is 5.34. The Labute approximate surface area is 109 Å². The second-order valence-electron chi connectivity index (χ2n) is 3.73. The highest BCUT2D eigenvalue weighted by Crippen LogP contribution is 2.27. The molecule has 4 nitrogen and oxygen atoms in total. The van der Waals surface area contributed by atoms with Gasteiger partial charge in [0.2, 0.25) is 0 Å². The number of benzene rings is 1. The summed E-state index contributed by atoms with van der Waals surface area (Å²) in [5.41, 5.74) is 0.455. The standard InChI is InChI=1S/C13H11ClN2O2/c14-9-3-4-13(17)11(6-9)12(7-15)16-8-10-2-1-5-18-10/h1-6,12,16-17H,8H2. The molecule has 2 rings (SSSR count). The molecule has 0 saturated heterocycles. The number of rotatable bonds is 4. The molecule has 1 aromatic heterocycles. The van der Waals surface area contributed by atoms with Gasteiger partial charge in [-0.3, -0.25) is 5.32 Å². The van der Waals surface area contributed by atoms with Gasteiger partial charge in [-0.15, -0.1) is 0 Å². The van der Waals surface area contributed by atoms with Gasteiger partial charge in [0.1, 0.15) is 17.6 Å². The van der Waals surface area contributed by atoms with Gasteiger partial charge in [0.25, 0.3) is 0 Å². The summed E-state index contributed by atoms with van der Waals surface area (Å²) in [5.74, 6) is 0.759. The van der Waals surface area contributed by atoms with E-state index in [-0.39, 0.29) is 5.75 Å². The Morgan fingerprint density at radius 2 is 2.28 bits per heavy atom. The normalized spacial score (nSPS) is 12.0. The summed E-state index contributed by atoms with van der Waals surface area (Å²) in [6, 6.07) is 9.62. The highest BCUT2D eigenvalue weighted by Gasteiger charge is 2.15. The van der Waals surface area contributed by atoms with E-state index in [4.69, 9.17) is 21.3 Å². The molecular formula is C13H11ClN2O2. The monoisotopic (exact) mass is 262 g/mol. The quantitative estimate of drug-likeness (QED) is 0.889. The van der Waals surface area contributed by atoms with Crippen molar-refractivity contribution in [2.24, 2.45) is 0 Å². The maximum atomic E-state index is 9.72. The molecule has 2 aromatic rings. The minimum atomic E-state index is -0.645. The molecule has 0 spiro atoms. The number of phenols is 1. The predicted octanol–water partition coefficient (Wildman–Crippen LogP) is 2.99. The average molecular weight is 263 g/mol. The first-order chi connectivity index (χ1) is 8.70. The third-order valence-electron chi connectivity index (χ3n) is 2.49. The lowest BCUT2D eigenvalue weighted by molar-refractivity contribution is 0.447. The molecule has 0 saturated carbocycles. The van der Waals surface area contributed by atoms with E-state index in [9.17, 15) is 5.11 Å². The van der Waals surface area contributed by atoms with E-state index in [2.05, 4.69) is 11.4 Å². The molecule has 0 fully saturated rings. The summed E-state index contributed by atoms with van der Waals surface area (Å²) < 4.78 is 5.16. The Hall–Kier alpha value is -1.96. The number of phenolic OH excluding ortho intramolecular Hbond substituents is 1. The Morgan fingerprint density at radius 1 is 1.44 bits per heavy atom. The van der Waals surface area contributed by atoms with Crippen LogP contribution in [0.25, 0.3) is 0 Å². The van der Waals surface area contributed by atoms with Crippen molar-refractivity contribution >= 4 is 11.6 Å². The van der Waals surface area contributed by atoms with E-state index in [1.807, 2.05) is 0 Å². The van der Waals surface area contributed by atoms with Crippen molar-refractivity contribution in [3.05, 3.63) is 52.9 Å². The number of aromatic hydroxyl groups is 1. The summed E-state index contributed by atoms with van der Waals surface area (Å²) in [6.45, 7) is 0.400. The van der Waals surface area contributed by atoms with Gasteiger partial charge in [0.05, 0.1) is 18.9 Å². The van der Waals surface area contributed by atoms with Crippen molar-refractivity contribution in [1.29, 1.82) is 5.26 Å². The molecule has 0 aliphatic carbocycles. The molecule has 92 valence electrons. The fraction of sp³-hybridized carbons (Fsp3) is 0.154. The number of nitrogens with one attached hydrogen (secondary N) is 1. The van der Waals surface area contributed by atoms with E-state index < -0.39 is 6.04 Å². The molecule has 0 amide bonds. The summed E-state index contributed by atoms with van der Waals surface area (Å²) in [4.78, 5) is 0. The van der Waals surface area contributed by atoms with Crippen LogP contribution < -0.4 is 5.32 Å². The van der Waals surface area contributed by atoms with Crippen LogP contribution in [0, 0.1) is 11.3 Å². The van der Waals surface area contributed by atoms with Crippen LogP contribution in [0.15, 0.2) is 41.0 Å². The summed E-state index contributed by atoms with van der Waals surface area (Å²) in [6.07, 6.45) is 1.56. The molecule has 5 heteroatoms. The molecule has 0 radical (unpaired) electrons. The van der Waals surface area contributed by atoms with Gasteiger partial charge in [-0.05, 0) is 30.3 Å². The number of furan rings is 1. The zero-order valence-corrected chi connectivity index (χ0v) is 10.2. The number of hydrogen-bond acceptors (Lipinski definition) is 4. The van der Waals surface area contributed by atoms with Gasteiger partial charge in [-0.2, -0.15) is 5.26 Å². The molecule has 2 N–H and O–H groups in total. The Bertz CT molecular complexity index is 561. The molecule has 0 aliphatic heterocycles. The molecular weight excluding hydrogens is 252 g/mol. The van der Waals surface area contributed by atoms with Gasteiger partial charge >= 0.3 is 0 Å². The number of nitrogens with zero attached hydrogens (tertiary/aromatic N) is 1. The third kappa shape index (κ3) is 2.83. The topological polar surface area (TPSA) is 69.2 Å². The lowest BCUT2D eigenvalue weighted by Crippen LogP contribution is -2.19. The highest BCUT2D eigenvalue weighted by atomic mass is 35.5. The van der Waals surface area contributed by atoms with Crippen LogP contribution in [0.5, 0.6) is 5.75 Å². The fourth-order valence-electron chi connectivity index (χ4n) is 1.60.